The van der Waals surface area contributed by atoms with E-state index in [1.54, 1.807) is 0 Å². The van der Waals surface area contributed by atoms with Gasteiger partial charge in [0.25, 0.3) is 0 Å². The quantitative estimate of drug-likeness (QED) is 0.835. The minimum absolute atomic E-state index is 0.201. The molecule has 3 atom stereocenters. The lowest BCUT2D eigenvalue weighted by Gasteiger charge is -2.42. The van der Waals surface area contributed by atoms with Crippen molar-refractivity contribution in [3.05, 3.63) is 0 Å². The van der Waals surface area contributed by atoms with E-state index in [4.69, 9.17) is 5.73 Å². The summed E-state index contributed by atoms with van der Waals surface area (Å²) in [6, 6.07) is -0.259. The fourth-order valence-corrected chi connectivity index (χ4v) is 3.58. The molecule has 1 saturated heterocycles. The third-order valence-electron chi connectivity index (χ3n) is 4.79. The molecule has 2 fully saturated rings. The van der Waals surface area contributed by atoms with E-state index >= 15 is 0 Å². The number of carbonyl (C=O) groups is 1. The number of carbonyl (C=O) groups excluding carboxylic acids is 1. The zero-order chi connectivity index (χ0) is 13.0. The molecule has 1 aliphatic heterocycles. The van der Waals surface area contributed by atoms with Gasteiger partial charge in [0.15, 0.2) is 0 Å². The largest absolute Gasteiger partial charge is 0.341 e. The zero-order valence-electron chi connectivity index (χ0n) is 11.7. The number of hydrogen-bond donors (Lipinski definition) is 1. The van der Waals surface area contributed by atoms with Crippen LogP contribution in [0.15, 0.2) is 0 Å². The predicted octanol–water partition coefficient (Wildman–Crippen LogP) is 2.54. The van der Waals surface area contributed by atoms with Gasteiger partial charge in [0.2, 0.25) is 5.91 Å². The number of rotatable bonds is 4. The Balaban J connectivity index is 1.84. The Bertz CT molecular complexity index is 280. The third kappa shape index (κ3) is 3.25. The fourth-order valence-electron chi connectivity index (χ4n) is 3.58. The summed E-state index contributed by atoms with van der Waals surface area (Å²) >= 11 is 0. The lowest BCUT2D eigenvalue weighted by molar-refractivity contribution is -0.135. The van der Waals surface area contributed by atoms with Crippen molar-refractivity contribution in [2.75, 3.05) is 13.1 Å². The first-order valence-corrected chi connectivity index (χ1v) is 7.76. The van der Waals surface area contributed by atoms with Gasteiger partial charge in [-0.3, -0.25) is 4.79 Å². The number of amides is 1. The minimum atomic E-state index is -0.259. The Kier molecular flexibility index (Phi) is 5.04. The van der Waals surface area contributed by atoms with Gasteiger partial charge in [0, 0.05) is 13.1 Å². The maximum absolute atomic E-state index is 12.3. The molecule has 0 aromatic heterocycles. The number of hydrogen-bond acceptors (Lipinski definition) is 2. The van der Waals surface area contributed by atoms with E-state index in [9.17, 15) is 4.79 Å². The molecule has 3 heteroatoms. The Morgan fingerprint density at radius 1 is 1.28 bits per heavy atom. The normalized spacial score (nSPS) is 29.8. The van der Waals surface area contributed by atoms with Crippen LogP contribution in [0.2, 0.25) is 0 Å². The molecule has 3 nitrogen and oxygen atoms in total. The Morgan fingerprint density at radius 2 is 2.00 bits per heavy atom. The summed E-state index contributed by atoms with van der Waals surface area (Å²) in [5, 5.41) is 0. The summed E-state index contributed by atoms with van der Waals surface area (Å²) < 4.78 is 0. The van der Waals surface area contributed by atoms with Crippen molar-refractivity contribution in [2.45, 2.75) is 64.3 Å². The summed E-state index contributed by atoms with van der Waals surface area (Å²) in [4.78, 5) is 14.3. The smallest absolute Gasteiger partial charge is 0.239 e. The van der Waals surface area contributed by atoms with Crippen LogP contribution in [0.4, 0.5) is 0 Å². The van der Waals surface area contributed by atoms with Crippen LogP contribution in [0.25, 0.3) is 0 Å². The molecule has 0 radical (unpaired) electrons. The van der Waals surface area contributed by atoms with Crippen molar-refractivity contribution in [1.29, 1.82) is 0 Å². The Morgan fingerprint density at radius 3 is 2.72 bits per heavy atom. The van der Waals surface area contributed by atoms with Gasteiger partial charge in [0.05, 0.1) is 6.04 Å². The molecule has 1 amide bonds. The molecule has 1 aliphatic carbocycles. The van der Waals surface area contributed by atoms with Crippen molar-refractivity contribution < 1.29 is 4.79 Å². The lowest BCUT2D eigenvalue weighted by Crippen LogP contribution is -2.50. The van der Waals surface area contributed by atoms with Crippen molar-refractivity contribution in [3.63, 3.8) is 0 Å². The molecule has 104 valence electrons. The van der Waals surface area contributed by atoms with Gasteiger partial charge in [-0.15, -0.1) is 0 Å². The second-order valence-corrected chi connectivity index (χ2v) is 6.13. The Hall–Kier alpha value is -0.570. The molecular formula is C15H28N2O. The average Bonchev–Trinajstić information content (AvgIpc) is 2.43. The summed E-state index contributed by atoms with van der Waals surface area (Å²) in [7, 11) is 0. The Labute approximate surface area is 111 Å². The van der Waals surface area contributed by atoms with E-state index in [2.05, 4.69) is 6.92 Å². The van der Waals surface area contributed by atoms with Crippen LogP contribution in [0, 0.1) is 11.8 Å². The molecule has 0 aromatic carbocycles. The van der Waals surface area contributed by atoms with Crippen LogP contribution in [-0.2, 0) is 4.79 Å². The van der Waals surface area contributed by atoms with Crippen molar-refractivity contribution in [1.82, 2.24) is 4.90 Å². The van der Waals surface area contributed by atoms with E-state index in [1.165, 1.54) is 32.1 Å². The number of likely N-dealkylation sites (tertiary alicyclic amines) is 1. The van der Waals surface area contributed by atoms with Crippen LogP contribution in [-0.4, -0.2) is 29.9 Å². The van der Waals surface area contributed by atoms with Gasteiger partial charge < -0.3 is 10.6 Å². The molecule has 0 bridgehead atoms. The first kappa shape index (κ1) is 13.9. The molecule has 2 rings (SSSR count). The second-order valence-electron chi connectivity index (χ2n) is 6.13. The van der Waals surface area contributed by atoms with E-state index < -0.39 is 0 Å². The number of nitrogens with zero attached hydrogens (tertiary/aromatic N) is 1. The standard InChI is InChI=1S/C15H28N2O/c1-2-3-8-14(16)15(18)17-10-9-12-6-4-5-7-13(12)11-17/h12-14H,2-11,16H2,1H3. The molecule has 2 N–H and O–H groups in total. The molecule has 18 heavy (non-hydrogen) atoms. The molecular weight excluding hydrogens is 224 g/mol. The summed E-state index contributed by atoms with van der Waals surface area (Å²) in [5.41, 5.74) is 6.01. The van der Waals surface area contributed by atoms with Gasteiger partial charge in [-0.25, -0.2) is 0 Å². The van der Waals surface area contributed by atoms with Crippen LogP contribution in [0.3, 0.4) is 0 Å². The topological polar surface area (TPSA) is 46.3 Å². The molecule has 0 spiro atoms. The first-order chi connectivity index (χ1) is 8.72. The SMILES string of the molecule is CCCCC(N)C(=O)N1CCC2CCCCC2C1. The first-order valence-electron chi connectivity index (χ1n) is 7.76. The van der Waals surface area contributed by atoms with Crippen LogP contribution in [0.5, 0.6) is 0 Å². The maximum Gasteiger partial charge on any atom is 0.239 e. The number of nitrogens with two attached hydrogens (primary N) is 1. The van der Waals surface area contributed by atoms with Gasteiger partial charge in [-0.1, -0.05) is 39.0 Å². The minimum Gasteiger partial charge on any atom is -0.341 e. The summed E-state index contributed by atoms with van der Waals surface area (Å²) in [6.07, 6.45) is 9.68. The van der Waals surface area contributed by atoms with Crippen molar-refractivity contribution in [3.8, 4) is 0 Å². The van der Waals surface area contributed by atoms with E-state index in [0.29, 0.717) is 0 Å². The maximum atomic E-state index is 12.3. The zero-order valence-corrected chi connectivity index (χ0v) is 11.7. The second kappa shape index (κ2) is 6.55. The van der Waals surface area contributed by atoms with E-state index in [1.807, 2.05) is 4.90 Å². The lowest BCUT2D eigenvalue weighted by atomic mass is 9.75. The van der Waals surface area contributed by atoms with Crippen molar-refractivity contribution >= 4 is 5.91 Å². The average molecular weight is 252 g/mol. The number of piperidine rings is 1. The van der Waals surface area contributed by atoms with Gasteiger partial charge in [0.1, 0.15) is 0 Å². The highest BCUT2D eigenvalue weighted by Gasteiger charge is 2.33. The van der Waals surface area contributed by atoms with Crippen LogP contribution >= 0.6 is 0 Å². The molecule has 0 aromatic rings. The molecule has 1 saturated carbocycles. The molecule has 2 aliphatic rings. The molecule has 3 unspecified atom stereocenters. The van der Waals surface area contributed by atoms with Gasteiger partial charge in [-0.05, 0) is 31.1 Å². The van der Waals surface area contributed by atoms with E-state index in [0.717, 1.165) is 44.2 Å². The summed E-state index contributed by atoms with van der Waals surface area (Å²) in [5.74, 6) is 1.84. The fraction of sp³-hybridized carbons (Fsp3) is 0.933. The van der Waals surface area contributed by atoms with Crippen molar-refractivity contribution in [2.24, 2.45) is 17.6 Å². The number of fused-ring (bicyclic) bond motifs is 1. The van der Waals surface area contributed by atoms with Gasteiger partial charge in [-0.2, -0.15) is 0 Å². The predicted molar refractivity (Wildman–Crippen MR) is 74.1 cm³/mol. The summed E-state index contributed by atoms with van der Waals surface area (Å²) in [6.45, 7) is 4.06. The van der Waals surface area contributed by atoms with Crippen LogP contribution < -0.4 is 5.73 Å². The van der Waals surface area contributed by atoms with Gasteiger partial charge >= 0.3 is 0 Å². The monoisotopic (exact) mass is 252 g/mol. The third-order valence-corrected chi connectivity index (χ3v) is 4.79. The number of unbranched alkanes of at least 4 members (excludes halogenated alkanes) is 1. The highest BCUT2D eigenvalue weighted by molar-refractivity contribution is 5.81. The van der Waals surface area contributed by atoms with Crippen LogP contribution in [0.1, 0.15) is 58.3 Å². The van der Waals surface area contributed by atoms with E-state index in [-0.39, 0.29) is 11.9 Å². The molecule has 1 heterocycles. The highest BCUT2D eigenvalue weighted by Crippen LogP contribution is 2.36. The highest BCUT2D eigenvalue weighted by atomic mass is 16.2.